The van der Waals surface area contributed by atoms with E-state index >= 15 is 0 Å². The molecule has 112 valence electrons. The average Bonchev–Trinajstić information content (AvgIpc) is 2.94. The van der Waals surface area contributed by atoms with Gasteiger partial charge in [-0.15, -0.1) is 0 Å². The Morgan fingerprint density at radius 3 is 2.90 bits per heavy atom. The van der Waals surface area contributed by atoms with Gasteiger partial charge in [-0.1, -0.05) is 0 Å². The van der Waals surface area contributed by atoms with Crippen LogP contribution < -0.4 is 5.32 Å². The number of likely N-dealkylation sites (tertiary alicyclic amines) is 1. The van der Waals surface area contributed by atoms with Crippen molar-refractivity contribution < 1.29 is 4.79 Å². The van der Waals surface area contributed by atoms with E-state index in [1.807, 2.05) is 41.7 Å². The zero-order valence-corrected chi connectivity index (χ0v) is 12.7. The van der Waals surface area contributed by atoms with Crippen molar-refractivity contribution in [1.82, 2.24) is 19.6 Å². The Labute approximate surface area is 125 Å². The van der Waals surface area contributed by atoms with Crippen molar-refractivity contribution in [2.45, 2.75) is 19.8 Å². The van der Waals surface area contributed by atoms with Gasteiger partial charge in [-0.3, -0.25) is 4.79 Å². The van der Waals surface area contributed by atoms with Gasteiger partial charge in [0.05, 0.1) is 5.56 Å². The molecular formula is C16H22N4O. The summed E-state index contributed by atoms with van der Waals surface area (Å²) in [6.07, 6.45) is 7.70. The summed E-state index contributed by atoms with van der Waals surface area (Å²) in [6, 6.07) is 1.97. The lowest BCUT2D eigenvalue weighted by Gasteiger charge is -2.32. The van der Waals surface area contributed by atoms with Crippen LogP contribution in [0.15, 0.2) is 24.7 Å². The number of nitrogens with zero attached hydrogens (tertiary/aromatic N) is 3. The first-order valence-corrected chi connectivity index (χ1v) is 7.56. The topological polar surface area (TPSA) is 49.6 Å². The van der Waals surface area contributed by atoms with Crippen LogP contribution in [0.25, 0.3) is 5.65 Å². The Morgan fingerprint density at radius 2 is 2.19 bits per heavy atom. The van der Waals surface area contributed by atoms with Crippen LogP contribution in [0.5, 0.6) is 0 Å². The predicted octanol–water partition coefficient (Wildman–Crippen LogP) is 1.71. The Hall–Kier alpha value is -1.88. The largest absolute Gasteiger partial charge is 0.339 e. The van der Waals surface area contributed by atoms with Gasteiger partial charge in [-0.05, 0) is 50.9 Å². The van der Waals surface area contributed by atoms with Gasteiger partial charge >= 0.3 is 0 Å². The molecule has 1 aliphatic heterocycles. The molecule has 0 spiro atoms. The lowest BCUT2D eigenvalue weighted by molar-refractivity contribution is 0.0689. The first kappa shape index (κ1) is 14.1. The van der Waals surface area contributed by atoms with Gasteiger partial charge in [-0.25, -0.2) is 4.98 Å². The summed E-state index contributed by atoms with van der Waals surface area (Å²) in [6.45, 7) is 4.73. The number of nitrogens with one attached hydrogen (secondary N) is 1. The second-order valence-corrected chi connectivity index (χ2v) is 5.86. The minimum absolute atomic E-state index is 0.144. The van der Waals surface area contributed by atoms with Gasteiger partial charge in [0.1, 0.15) is 5.65 Å². The number of hydrogen-bond donors (Lipinski definition) is 1. The molecule has 0 atom stereocenters. The van der Waals surface area contributed by atoms with Crippen LogP contribution in [-0.4, -0.2) is 46.9 Å². The van der Waals surface area contributed by atoms with Crippen molar-refractivity contribution in [3.05, 3.63) is 35.8 Å². The number of piperidine rings is 1. The van der Waals surface area contributed by atoms with Crippen LogP contribution >= 0.6 is 0 Å². The number of rotatable bonds is 3. The zero-order valence-electron chi connectivity index (χ0n) is 12.7. The Kier molecular flexibility index (Phi) is 3.92. The van der Waals surface area contributed by atoms with Crippen LogP contribution in [0.2, 0.25) is 0 Å². The quantitative estimate of drug-likeness (QED) is 0.934. The molecular weight excluding hydrogens is 264 g/mol. The number of carbonyl (C=O) groups is 1. The van der Waals surface area contributed by atoms with Crippen molar-refractivity contribution in [2.75, 3.05) is 26.7 Å². The Balaban J connectivity index is 1.76. The van der Waals surface area contributed by atoms with Crippen molar-refractivity contribution in [3.8, 4) is 0 Å². The van der Waals surface area contributed by atoms with Gasteiger partial charge in [-0.2, -0.15) is 0 Å². The normalized spacial score (nSPS) is 16.6. The highest BCUT2D eigenvalue weighted by Crippen LogP contribution is 2.20. The number of carbonyl (C=O) groups excluding carboxylic acids is 1. The van der Waals surface area contributed by atoms with Crippen LogP contribution in [0.3, 0.4) is 0 Å². The fourth-order valence-corrected chi connectivity index (χ4v) is 3.08. The minimum atomic E-state index is 0.144. The first-order valence-electron chi connectivity index (χ1n) is 7.56. The SMILES string of the molecule is CNCC1CCN(C(=O)c2cn3ccnc3cc2C)CC1. The molecule has 5 nitrogen and oxygen atoms in total. The molecule has 2 aromatic rings. The van der Waals surface area contributed by atoms with Crippen molar-refractivity contribution >= 4 is 11.6 Å². The van der Waals surface area contributed by atoms with Crippen LogP contribution in [0, 0.1) is 12.8 Å². The summed E-state index contributed by atoms with van der Waals surface area (Å²) >= 11 is 0. The molecule has 2 aromatic heterocycles. The maximum atomic E-state index is 12.7. The predicted molar refractivity (Wildman–Crippen MR) is 82.5 cm³/mol. The third kappa shape index (κ3) is 2.78. The van der Waals surface area contributed by atoms with Crippen LogP contribution in [0.4, 0.5) is 0 Å². The summed E-state index contributed by atoms with van der Waals surface area (Å²) in [4.78, 5) is 19.0. The van der Waals surface area contributed by atoms with Gasteiger partial charge < -0.3 is 14.6 Å². The molecule has 0 saturated carbocycles. The second-order valence-electron chi connectivity index (χ2n) is 5.86. The molecule has 0 bridgehead atoms. The number of pyridine rings is 1. The van der Waals surface area contributed by atoms with E-state index in [9.17, 15) is 4.79 Å². The number of amides is 1. The Bertz CT molecular complexity index is 641. The molecule has 1 fully saturated rings. The first-order chi connectivity index (χ1) is 10.2. The minimum Gasteiger partial charge on any atom is -0.339 e. The van der Waals surface area contributed by atoms with E-state index in [1.165, 1.54) is 0 Å². The summed E-state index contributed by atoms with van der Waals surface area (Å²) in [5.74, 6) is 0.835. The molecule has 0 aromatic carbocycles. The maximum Gasteiger partial charge on any atom is 0.255 e. The highest BCUT2D eigenvalue weighted by atomic mass is 16.2. The van der Waals surface area contributed by atoms with Crippen LogP contribution in [-0.2, 0) is 0 Å². The second kappa shape index (κ2) is 5.85. The average molecular weight is 286 g/mol. The molecule has 1 aliphatic rings. The van der Waals surface area contributed by atoms with Crippen LogP contribution in [0.1, 0.15) is 28.8 Å². The number of imidazole rings is 1. The molecule has 3 heterocycles. The van der Waals surface area contributed by atoms with E-state index in [4.69, 9.17) is 0 Å². The van der Waals surface area contributed by atoms with Crippen molar-refractivity contribution in [1.29, 1.82) is 0 Å². The summed E-state index contributed by atoms with van der Waals surface area (Å²) in [5, 5.41) is 3.23. The van der Waals surface area contributed by atoms with Gasteiger partial charge in [0.25, 0.3) is 5.91 Å². The Morgan fingerprint density at radius 1 is 1.43 bits per heavy atom. The van der Waals surface area contributed by atoms with Crippen molar-refractivity contribution in [3.63, 3.8) is 0 Å². The van der Waals surface area contributed by atoms with E-state index in [-0.39, 0.29) is 5.91 Å². The highest BCUT2D eigenvalue weighted by Gasteiger charge is 2.24. The van der Waals surface area contributed by atoms with Gasteiger partial charge in [0.2, 0.25) is 0 Å². The molecule has 0 radical (unpaired) electrons. The lowest BCUT2D eigenvalue weighted by Crippen LogP contribution is -2.40. The number of aromatic nitrogens is 2. The third-order valence-corrected chi connectivity index (χ3v) is 4.36. The summed E-state index contributed by atoms with van der Waals surface area (Å²) in [7, 11) is 1.99. The standard InChI is InChI=1S/C16H22N4O/c1-12-9-15-18-5-8-20(15)11-14(12)16(21)19-6-3-13(4-7-19)10-17-2/h5,8-9,11,13,17H,3-4,6-7,10H2,1-2H3. The summed E-state index contributed by atoms with van der Waals surface area (Å²) < 4.78 is 1.91. The molecule has 5 heteroatoms. The zero-order chi connectivity index (χ0) is 14.8. The van der Waals surface area contributed by atoms with Gasteiger partial charge in [0, 0.05) is 31.7 Å². The smallest absolute Gasteiger partial charge is 0.255 e. The molecule has 0 aliphatic carbocycles. The number of aryl methyl sites for hydroxylation is 1. The van der Waals surface area contributed by atoms with Gasteiger partial charge in [0.15, 0.2) is 0 Å². The fraction of sp³-hybridized carbons (Fsp3) is 0.500. The monoisotopic (exact) mass is 286 g/mol. The van der Waals surface area contributed by atoms with E-state index in [0.717, 1.165) is 49.2 Å². The van der Waals surface area contributed by atoms with E-state index in [2.05, 4.69) is 10.3 Å². The van der Waals surface area contributed by atoms with E-state index in [1.54, 1.807) is 6.20 Å². The van der Waals surface area contributed by atoms with E-state index in [0.29, 0.717) is 5.92 Å². The molecule has 0 unspecified atom stereocenters. The lowest BCUT2D eigenvalue weighted by atomic mass is 9.96. The highest BCUT2D eigenvalue weighted by molar-refractivity contribution is 5.95. The molecule has 3 rings (SSSR count). The molecule has 1 N–H and O–H groups in total. The third-order valence-electron chi connectivity index (χ3n) is 4.36. The molecule has 1 amide bonds. The summed E-state index contributed by atoms with van der Waals surface area (Å²) in [5.41, 5.74) is 2.67. The maximum absolute atomic E-state index is 12.7. The molecule has 21 heavy (non-hydrogen) atoms. The fourth-order valence-electron chi connectivity index (χ4n) is 3.08. The van der Waals surface area contributed by atoms with Crippen molar-refractivity contribution in [2.24, 2.45) is 5.92 Å². The number of hydrogen-bond acceptors (Lipinski definition) is 3. The number of fused-ring (bicyclic) bond motifs is 1. The molecule has 1 saturated heterocycles. The van der Waals surface area contributed by atoms with E-state index < -0.39 is 0 Å².